The third kappa shape index (κ3) is 6.96. The van der Waals surface area contributed by atoms with Gasteiger partial charge in [-0.3, -0.25) is 0 Å². The van der Waals surface area contributed by atoms with E-state index in [1.807, 2.05) is 48.5 Å². The quantitative estimate of drug-likeness (QED) is 0.154. The second kappa shape index (κ2) is 13.5. The minimum absolute atomic E-state index is 0.494. The molecule has 0 amide bonds. The van der Waals surface area contributed by atoms with Gasteiger partial charge in [-0.25, -0.2) is 4.98 Å². The van der Waals surface area contributed by atoms with Crippen LogP contribution in [0.15, 0.2) is 85.2 Å². The number of likely N-dealkylation sites (tertiary alicyclic amines) is 1. The zero-order valence-electron chi connectivity index (χ0n) is 24.8. The summed E-state index contributed by atoms with van der Waals surface area (Å²) >= 11 is 6.01. The average Bonchev–Trinajstić information content (AvgIpc) is 3.66. The van der Waals surface area contributed by atoms with Gasteiger partial charge in [0.05, 0.1) is 17.3 Å². The summed E-state index contributed by atoms with van der Waals surface area (Å²) in [5, 5.41) is 11.0. The lowest BCUT2D eigenvalue weighted by Crippen LogP contribution is -2.34. The Hall–Kier alpha value is -4.05. The third-order valence-corrected chi connectivity index (χ3v) is 8.75. The van der Waals surface area contributed by atoms with E-state index in [2.05, 4.69) is 63.7 Å². The van der Waals surface area contributed by atoms with Gasteiger partial charge in [0.25, 0.3) is 0 Å². The van der Waals surface area contributed by atoms with Crippen LogP contribution in [-0.2, 0) is 13.0 Å². The molecule has 1 aliphatic heterocycles. The molecule has 5 aromatic rings. The Kier molecular flexibility index (Phi) is 9.12. The smallest absolute Gasteiger partial charge is 0.127 e. The van der Waals surface area contributed by atoms with Gasteiger partial charge >= 0.3 is 0 Å². The highest BCUT2D eigenvalue weighted by molar-refractivity contribution is 6.30. The highest BCUT2D eigenvalue weighted by Gasteiger charge is 2.24. The molecular formula is C36H38ClN5O. The van der Waals surface area contributed by atoms with E-state index in [9.17, 15) is 0 Å². The van der Waals surface area contributed by atoms with Crippen LogP contribution in [0.3, 0.4) is 0 Å². The Bertz CT molecular complexity index is 1690. The van der Waals surface area contributed by atoms with Crippen molar-refractivity contribution in [1.29, 1.82) is 5.26 Å². The highest BCUT2D eigenvalue weighted by atomic mass is 35.5. The minimum Gasteiger partial charge on any atom is -0.457 e. The number of hydrogen-bond donors (Lipinski definition) is 0. The fraction of sp³-hybridized carbons (Fsp3) is 0.333. The SMILES string of the molecule is CCCCc1nc(C2CCN(CCCn3ccc4cc(C#N)ccc43)CC2)cn1-c1ccc(Oc2ccc(Cl)cc2)cc1. The van der Waals surface area contributed by atoms with Gasteiger partial charge in [0.2, 0.25) is 0 Å². The number of imidazole rings is 1. The van der Waals surface area contributed by atoms with Crippen LogP contribution < -0.4 is 4.74 Å². The highest BCUT2D eigenvalue weighted by Crippen LogP contribution is 2.30. The van der Waals surface area contributed by atoms with Crippen molar-refractivity contribution in [3.63, 3.8) is 0 Å². The monoisotopic (exact) mass is 591 g/mol. The van der Waals surface area contributed by atoms with Crippen molar-refractivity contribution in [2.75, 3.05) is 19.6 Å². The van der Waals surface area contributed by atoms with E-state index in [0.717, 1.165) is 93.1 Å². The summed E-state index contributed by atoms with van der Waals surface area (Å²) in [7, 11) is 0. The van der Waals surface area contributed by atoms with Gasteiger partial charge in [0, 0.05) is 52.9 Å². The molecule has 43 heavy (non-hydrogen) atoms. The van der Waals surface area contributed by atoms with E-state index in [0.29, 0.717) is 16.5 Å². The van der Waals surface area contributed by atoms with Crippen LogP contribution >= 0.6 is 11.6 Å². The number of aromatic nitrogens is 3. The molecule has 3 heterocycles. The molecule has 0 unspecified atom stereocenters. The van der Waals surface area contributed by atoms with Crippen LogP contribution in [0.5, 0.6) is 11.5 Å². The zero-order valence-corrected chi connectivity index (χ0v) is 25.5. The van der Waals surface area contributed by atoms with Crippen LogP contribution in [0.4, 0.5) is 0 Å². The summed E-state index contributed by atoms with van der Waals surface area (Å²) in [6, 6.07) is 26.0. The summed E-state index contributed by atoms with van der Waals surface area (Å²) in [5.41, 5.74) is 4.26. The van der Waals surface area contributed by atoms with Crippen LogP contribution in [0.1, 0.15) is 62.0 Å². The van der Waals surface area contributed by atoms with Crippen LogP contribution in [-0.4, -0.2) is 38.7 Å². The molecule has 1 aliphatic rings. The third-order valence-electron chi connectivity index (χ3n) is 8.50. The first-order valence-electron chi connectivity index (χ1n) is 15.4. The number of nitrogens with zero attached hydrogens (tertiary/aromatic N) is 5. The first kappa shape index (κ1) is 29.0. The summed E-state index contributed by atoms with van der Waals surface area (Å²) in [4.78, 5) is 7.79. The van der Waals surface area contributed by atoms with E-state index in [1.54, 1.807) is 0 Å². The van der Waals surface area contributed by atoms with Crippen molar-refractivity contribution in [2.24, 2.45) is 0 Å². The maximum Gasteiger partial charge on any atom is 0.127 e. The van der Waals surface area contributed by atoms with E-state index < -0.39 is 0 Å². The van der Waals surface area contributed by atoms with Gasteiger partial charge in [-0.05, 0) is 118 Å². The summed E-state index contributed by atoms with van der Waals surface area (Å²) in [6.07, 6.45) is 11.1. The number of piperidine rings is 1. The fourth-order valence-electron chi connectivity index (χ4n) is 6.07. The normalized spacial score (nSPS) is 14.3. The van der Waals surface area contributed by atoms with Crippen molar-refractivity contribution in [1.82, 2.24) is 19.0 Å². The molecule has 6 rings (SSSR count). The summed E-state index contributed by atoms with van der Waals surface area (Å²) in [5.74, 6) is 3.21. The molecular weight excluding hydrogens is 554 g/mol. The molecule has 0 aliphatic carbocycles. The van der Waals surface area contributed by atoms with Gasteiger partial charge in [-0.2, -0.15) is 5.26 Å². The van der Waals surface area contributed by atoms with Gasteiger partial charge in [-0.15, -0.1) is 0 Å². The molecule has 0 bridgehead atoms. The standard InChI is InChI=1S/C36H38ClN5O/c1-2-3-5-36-39-34(26-42(36)31-9-13-33(14-10-31)43-32-11-7-30(37)8-12-32)28-16-21-40(22-17-28)19-4-20-41-23-18-29-24-27(25-38)6-15-35(29)41/h6-15,18,23-24,26,28H,2-5,16-17,19-22H2,1H3. The van der Waals surface area contributed by atoms with E-state index in [4.69, 9.17) is 26.6 Å². The van der Waals surface area contributed by atoms with Crippen LogP contribution in [0, 0.1) is 11.3 Å². The maximum absolute atomic E-state index is 9.16. The molecule has 1 saturated heterocycles. The molecule has 0 atom stereocenters. The van der Waals surface area contributed by atoms with Crippen molar-refractivity contribution < 1.29 is 4.74 Å². The molecule has 1 fully saturated rings. The van der Waals surface area contributed by atoms with Gasteiger partial charge in [0.1, 0.15) is 17.3 Å². The Labute approximate surface area is 259 Å². The fourth-order valence-corrected chi connectivity index (χ4v) is 6.19. The number of benzene rings is 3. The minimum atomic E-state index is 0.494. The van der Waals surface area contributed by atoms with E-state index in [-0.39, 0.29) is 0 Å². The predicted octanol–water partition coefficient (Wildman–Crippen LogP) is 8.76. The Balaban J connectivity index is 1.06. The first-order chi connectivity index (χ1) is 21.1. The molecule has 0 N–H and O–H groups in total. The number of aryl methyl sites for hydroxylation is 2. The predicted molar refractivity (Wildman–Crippen MR) is 173 cm³/mol. The van der Waals surface area contributed by atoms with E-state index in [1.165, 1.54) is 11.2 Å². The number of halogens is 1. The second-order valence-corrected chi connectivity index (χ2v) is 11.9. The van der Waals surface area contributed by atoms with Crippen LogP contribution in [0.2, 0.25) is 5.02 Å². The van der Waals surface area contributed by atoms with Gasteiger partial charge < -0.3 is 18.8 Å². The number of unbranched alkanes of at least 4 members (excludes halogenated alkanes) is 1. The number of nitriles is 1. The van der Waals surface area contributed by atoms with Crippen molar-refractivity contribution in [3.8, 4) is 23.3 Å². The number of ether oxygens (including phenoxy) is 1. The first-order valence-corrected chi connectivity index (χ1v) is 15.8. The van der Waals surface area contributed by atoms with Crippen molar-refractivity contribution in [2.45, 2.75) is 57.9 Å². The summed E-state index contributed by atoms with van der Waals surface area (Å²) < 4.78 is 10.6. The molecule has 220 valence electrons. The Morgan fingerprint density at radius 3 is 2.40 bits per heavy atom. The van der Waals surface area contributed by atoms with Gasteiger partial charge in [0.15, 0.2) is 0 Å². The number of hydrogen-bond acceptors (Lipinski definition) is 4. The largest absolute Gasteiger partial charge is 0.457 e. The summed E-state index contributed by atoms with van der Waals surface area (Å²) in [6.45, 7) is 6.54. The van der Waals surface area contributed by atoms with Crippen LogP contribution in [0.25, 0.3) is 16.6 Å². The second-order valence-electron chi connectivity index (χ2n) is 11.5. The molecule has 3 aromatic carbocycles. The number of rotatable bonds is 11. The van der Waals surface area contributed by atoms with Crippen molar-refractivity contribution >= 4 is 22.5 Å². The van der Waals surface area contributed by atoms with Gasteiger partial charge in [-0.1, -0.05) is 24.9 Å². The van der Waals surface area contributed by atoms with Crippen molar-refractivity contribution in [3.05, 3.63) is 107 Å². The Morgan fingerprint density at radius 1 is 0.930 bits per heavy atom. The topological polar surface area (TPSA) is 59.0 Å². The molecule has 2 aromatic heterocycles. The van der Waals surface area contributed by atoms with E-state index >= 15 is 0 Å². The molecule has 0 saturated carbocycles. The molecule has 0 radical (unpaired) electrons. The molecule has 0 spiro atoms. The molecule has 6 nitrogen and oxygen atoms in total. The lowest BCUT2D eigenvalue weighted by Gasteiger charge is -2.31. The maximum atomic E-state index is 9.16. The Morgan fingerprint density at radius 2 is 1.67 bits per heavy atom. The molecule has 7 heteroatoms. The number of fused-ring (bicyclic) bond motifs is 1. The average molecular weight is 592 g/mol. The lowest BCUT2D eigenvalue weighted by molar-refractivity contribution is 0.206. The zero-order chi connectivity index (χ0) is 29.6. The lowest BCUT2D eigenvalue weighted by atomic mass is 9.94.